The molecule has 2 aromatic rings. The minimum atomic E-state index is -0.484. The molecule has 7 heteroatoms. The first kappa shape index (κ1) is 15.4. The lowest BCUT2D eigenvalue weighted by atomic mass is 9.91. The number of imidazole rings is 1. The molecule has 0 bridgehead atoms. The van der Waals surface area contributed by atoms with Gasteiger partial charge in [0.2, 0.25) is 5.13 Å². The van der Waals surface area contributed by atoms with Crippen LogP contribution in [0, 0.1) is 5.92 Å². The van der Waals surface area contributed by atoms with Gasteiger partial charge in [-0.15, -0.1) is 10.2 Å². The van der Waals surface area contributed by atoms with Crippen LogP contribution in [0.4, 0.5) is 5.13 Å². The molecule has 1 N–H and O–H groups in total. The van der Waals surface area contributed by atoms with Crippen LogP contribution in [0.5, 0.6) is 0 Å². The van der Waals surface area contributed by atoms with E-state index in [4.69, 9.17) is 0 Å². The van der Waals surface area contributed by atoms with E-state index < -0.39 is 6.10 Å². The van der Waals surface area contributed by atoms with Gasteiger partial charge < -0.3 is 14.6 Å². The van der Waals surface area contributed by atoms with Crippen molar-refractivity contribution in [2.45, 2.75) is 38.7 Å². The van der Waals surface area contributed by atoms with Gasteiger partial charge in [-0.05, 0) is 18.8 Å². The van der Waals surface area contributed by atoms with E-state index in [1.54, 1.807) is 17.5 Å². The number of aliphatic hydroxyl groups excluding tert-OH is 1. The fourth-order valence-electron chi connectivity index (χ4n) is 2.87. The SMILES string of the molecule is CC(C)c1nnc(N2CCC(C(O)c3nccn3C)CC2)s1. The van der Waals surface area contributed by atoms with Crippen molar-refractivity contribution in [1.82, 2.24) is 19.7 Å². The Morgan fingerprint density at radius 1 is 1.27 bits per heavy atom. The number of rotatable bonds is 4. The maximum atomic E-state index is 10.5. The summed E-state index contributed by atoms with van der Waals surface area (Å²) >= 11 is 1.68. The zero-order valence-electron chi connectivity index (χ0n) is 13.3. The average Bonchev–Trinajstić information content (AvgIpc) is 3.15. The van der Waals surface area contributed by atoms with Crippen molar-refractivity contribution in [3.63, 3.8) is 0 Å². The van der Waals surface area contributed by atoms with E-state index in [1.807, 2.05) is 17.8 Å². The van der Waals surface area contributed by atoms with Crippen LogP contribution in [0.15, 0.2) is 12.4 Å². The molecule has 6 nitrogen and oxygen atoms in total. The Morgan fingerprint density at radius 3 is 2.55 bits per heavy atom. The van der Waals surface area contributed by atoms with Crippen molar-refractivity contribution in [2.75, 3.05) is 18.0 Å². The molecule has 1 aliphatic rings. The summed E-state index contributed by atoms with van der Waals surface area (Å²) in [5.41, 5.74) is 0. The Hall–Kier alpha value is -1.47. The van der Waals surface area contributed by atoms with Crippen LogP contribution in [0.25, 0.3) is 0 Å². The fourth-order valence-corrected chi connectivity index (χ4v) is 3.76. The third kappa shape index (κ3) is 3.01. The van der Waals surface area contributed by atoms with E-state index in [1.165, 1.54) is 0 Å². The van der Waals surface area contributed by atoms with Crippen LogP contribution < -0.4 is 4.90 Å². The van der Waals surface area contributed by atoms with Gasteiger partial charge in [-0.1, -0.05) is 25.2 Å². The number of hydrogen-bond donors (Lipinski definition) is 1. The smallest absolute Gasteiger partial charge is 0.208 e. The standard InChI is InChI=1S/C15H23N5OS/c1-10(2)14-17-18-15(22-14)20-7-4-11(5-8-20)12(21)13-16-6-9-19(13)3/h6,9-12,21H,4-5,7-8H2,1-3H3. The van der Waals surface area contributed by atoms with E-state index in [0.717, 1.165) is 41.9 Å². The molecule has 120 valence electrons. The highest BCUT2D eigenvalue weighted by molar-refractivity contribution is 7.15. The largest absolute Gasteiger partial charge is 0.385 e. The van der Waals surface area contributed by atoms with E-state index in [9.17, 15) is 5.11 Å². The Balaban J connectivity index is 1.61. The van der Waals surface area contributed by atoms with Crippen molar-refractivity contribution < 1.29 is 5.11 Å². The fraction of sp³-hybridized carbons (Fsp3) is 0.667. The second kappa shape index (κ2) is 6.34. The average molecular weight is 321 g/mol. The van der Waals surface area contributed by atoms with Gasteiger partial charge in [-0.2, -0.15) is 0 Å². The molecule has 2 aromatic heterocycles. The molecule has 0 aromatic carbocycles. The van der Waals surface area contributed by atoms with Crippen LogP contribution in [-0.4, -0.2) is 37.9 Å². The molecule has 0 radical (unpaired) electrons. The van der Waals surface area contributed by atoms with Crippen molar-refractivity contribution in [1.29, 1.82) is 0 Å². The zero-order valence-corrected chi connectivity index (χ0v) is 14.1. The van der Waals surface area contributed by atoms with Crippen molar-refractivity contribution in [3.05, 3.63) is 23.2 Å². The second-order valence-corrected chi connectivity index (χ2v) is 7.23. The maximum absolute atomic E-state index is 10.5. The molecule has 1 saturated heterocycles. The molecule has 0 aliphatic carbocycles. The Kier molecular flexibility index (Phi) is 4.44. The lowest BCUT2D eigenvalue weighted by Gasteiger charge is -2.33. The number of nitrogens with zero attached hydrogens (tertiary/aromatic N) is 5. The summed E-state index contributed by atoms with van der Waals surface area (Å²) in [6.07, 6.45) is 5.03. The number of aromatic nitrogens is 4. The molecule has 1 unspecified atom stereocenters. The Morgan fingerprint density at radius 2 is 2.00 bits per heavy atom. The van der Waals surface area contributed by atoms with Gasteiger partial charge in [0.05, 0.1) is 0 Å². The quantitative estimate of drug-likeness (QED) is 0.936. The van der Waals surface area contributed by atoms with E-state index in [0.29, 0.717) is 5.92 Å². The van der Waals surface area contributed by atoms with Crippen molar-refractivity contribution >= 4 is 16.5 Å². The normalized spacial score (nSPS) is 18.1. The molecule has 1 atom stereocenters. The summed E-state index contributed by atoms with van der Waals surface area (Å²) in [6.45, 7) is 6.11. The van der Waals surface area contributed by atoms with Crippen LogP contribution in [0.3, 0.4) is 0 Å². The van der Waals surface area contributed by atoms with Crippen LogP contribution in [0.1, 0.15) is 49.5 Å². The number of aryl methyl sites for hydroxylation is 1. The highest BCUT2D eigenvalue weighted by Crippen LogP contribution is 2.33. The maximum Gasteiger partial charge on any atom is 0.208 e. The minimum absolute atomic E-state index is 0.259. The van der Waals surface area contributed by atoms with Gasteiger partial charge >= 0.3 is 0 Å². The summed E-state index contributed by atoms with van der Waals surface area (Å²) in [5, 5.41) is 21.2. The van der Waals surface area contributed by atoms with Crippen LogP contribution in [-0.2, 0) is 7.05 Å². The van der Waals surface area contributed by atoms with Gasteiger partial charge in [-0.3, -0.25) is 0 Å². The molecular weight excluding hydrogens is 298 g/mol. The van der Waals surface area contributed by atoms with Gasteiger partial charge in [0.25, 0.3) is 0 Å². The lowest BCUT2D eigenvalue weighted by Crippen LogP contribution is -2.36. The highest BCUT2D eigenvalue weighted by Gasteiger charge is 2.29. The Labute approximate surface area is 134 Å². The minimum Gasteiger partial charge on any atom is -0.385 e. The van der Waals surface area contributed by atoms with Crippen molar-refractivity contribution in [2.24, 2.45) is 13.0 Å². The van der Waals surface area contributed by atoms with Gasteiger partial charge in [0.1, 0.15) is 16.9 Å². The third-order valence-corrected chi connectivity index (χ3v) is 5.59. The van der Waals surface area contributed by atoms with Gasteiger partial charge in [0, 0.05) is 38.4 Å². The first-order valence-corrected chi connectivity index (χ1v) is 8.61. The first-order chi connectivity index (χ1) is 10.6. The third-order valence-electron chi connectivity index (χ3n) is 4.30. The monoisotopic (exact) mass is 321 g/mol. The molecule has 0 saturated carbocycles. The number of aliphatic hydroxyl groups is 1. The number of piperidine rings is 1. The molecule has 1 fully saturated rings. The zero-order chi connectivity index (χ0) is 15.7. The molecule has 0 amide bonds. The molecule has 22 heavy (non-hydrogen) atoms. The van der Waals surface area contributed by atoms with E-state index >= 15 is 0 Å². The number of hydrogen-bond acceptors (Lipinski definition) is 6. The van der Waals surface area contributed by atoms with Gasteiger partial charge in [-0.25, -0.2) is 4.98 Å². The summed E-state index contributed by atoms with van der Waals surface area (Å²) in [6, 6.07) is 0. The molecule has 3 rings (SSSR count). The van der Waals surface area contributed by atoms with E-state index in [2.05, 4.69) is 33.9 Å². The van der Waals surface area contributed by atoms with Crippen molar-refractivity contribution in [3.8, 4) is 0 Å². The first-order valence-electron chi connectivity index (χ1n) is 7.80. The summed E-state index contributed by atoms with van der Waals surface area (Å²) in [5.74, 6) is 1.44. The summed E-state index contributed by atoms with van der Waals surface area (Å²) < 4.78 is 1.90. The predicted molar refractivity (Wildman–Crippen MR) is 87.1 cm³/mol. The predicted octanol–water partition coefficient (Wildman–Crippen LogP) is 2.35. The molecule has 3 heterocycles. The van der Waals surface area contributed by atoms with E-state index in [-0.39, 0.29) is 5.92 Å². The molecule has 0 spiro atoms. The second-order valence-electron chi connectivity index (χ2n) is 6.24. The molecular formula is C15H23N5OS. The van der Waals surface area contributed by atoms with Crippen LogP contribution >= 0.6 is 11.3 Å². The number of anilines is 1. The molecule has 1 aliphatic heterocycles. The van der Waals surface area contributed by atoms with Crippen LogP contribution in [0.2, 0.25) is 0 Å². The summed E-state index contributed by atoms with van der Waals surface area (Å²) in [4.78, 5) is 6.55. The summed E-state index contributed by atoms with van der Waals surface area (Å²) in [7, 11) is 1.93. The highest BCUT2D eigenvalue weighted by atomic mass is 32.1. The lowest BCUT2D eigenvalue weighted by molar-refractivity contribution is 0.0825. The Bertz CT molecular complexity index is 615. The van der Waals surface area contributed by atoms with Gasteiger partial charge in [0.15, 0.2) is 0 Å². The topological polar surface area (TPSA) is 67.1 Å².